The Labute approximate surface area is 113 Å². The number of benzene rings is 1. The first-order chi connectivity index (χ1) is 9.17. The zero-order valence-corrected chi connectivity index (χ0v) is 11.6. The van der Waals surface area contributed by atoms with Crippen molar-refractivity contribution < 1.29 is 8.78 Å². The van der Waals surface area contributed by atoms with Gasteiger partial charge in [-0.2, -0.15) is 0 Å². The molecule has 0 spiro atoms. The number of hydrogen-bond acceptors (Lipinski definition) is 2. The molecule has 0 bridgehead atoms. The minimum Gasteiger partial charge on any atom is -0.313 e. The van der Waals surface area contributed by atoms with Crippen LogP contribution in [-0.4, -0.2) is 31.1 Å². The Morgan fingerprint density at radius 3 is 2.68 bits per heavy atom. The number of nitrogens with one attached hydrogen (secondary N) is 1. The maximum atomic E-state index is 13.8. The number of nitrogens with zero attached hydrogens (tertiary/aromatic N) is 1. The van der Waals surface area contributed by atoms with Gasteiger partial charge in [-0.25, -0.2) is 8.78 Å². The van der Waals surface area contributed by atoms with Crippen molar-refractivity contribution >= 4 is 0 Å². The predicted octanol–water partition coefficient (Wildman–Crippen LogP) is 3.10. The minimum absolute atomic E-state index is 0.136. The Balaban J connectivity index is 2.01. The lowest BCUT2D eigenvalue weighted by Crippen LogP contribution is -2.30. The van der Waals surface area contributed by atoms with Gasteiger partial charge in [0, 0.05) is 24.2 Å². The predicted molar refractivity (Wildman–Crippen MR) is 73.0 cm³/mol. The molecular formula is C15H22F2N2. The summed E-state index contributed by atoms with van der Waals surface area (Å²) in [5, 5.41) is 3.09. The molecule has 2 rings (SSSR count). The molecule has 1 N–H and O–H groups in total. The van der Waals surface area contributed by atoms with E-state index in [4.69, 9.17) is 0 Å². The third kappa shape index (κ3) is 3.51. The van der Waals surface area contributed by atoms with E-state index < -0.39 is 11.6 Å². The van der Waals surface area contributed by atoms with E-state index in [-0.39, 0.29) is 6.04 Å². The molecular weight excluding hydrogens is 246 g/mol. The zero-order valence-electron chi connectivity index (χ0n) is 11.6. The third-order valence-electron chi connectivity index (χ3n) is 3.88. The number of rotatable bonds is 7. The molecule has 1 aliphatic carbocycles. The molecule has 1 aromatic carbocycles. The summed E-state index contributed by atoms with van der Waals surface area (Å²) in [4.78, 5) is 2.42. The fourth-order valence-corrected chi connectivity index (χ4v) is 2.58. The minimum atomic E-state index is -0.771. The van der Waals surface area contributed by atoms with E-state index in [1.54, 1.807) is 19.2 Å². The first-order valence-electron chi connectivity index (χ1n) is 7.02. The molecule has 0 heterocycles. The first kappa shape index (κ1) is 14.4. The van der Waals surface area contributed by atoms with Crippen LogP contribution < -0.4 is 5.32 Å². The Kier molecular flexibility index (Phi) is 4.88. The van der Waals surface area contributed by atoms with Gasteiger partial charge in [0.15, 0.2) is 11.6 Å². The highest BCUT2D eigenvalue weighted by Gasteiger charge is 2.28. The van der Waals surface area contributed by atoms with E-state index >= 15 is 0 Å². The summed E-state index contributed by atoms with van der Waals surface area (Å²) < 4.78 is 27.1. The Morgan fingerprint density at radius 1 is 1.37 bits per heavy atom. The molecule has 19 heavy (non-hydrogen) atoms. The fourth-order valence-electron chi connectivity index (χ4n) is 2.58. The van der Waals surface area contributed by atoms with Gasteiger partial charge in [0.05, 0.1) is 0 Å². The van der Waals surface area contributed by atoms with Crippen LogP contribution in [0.4, 0.5) is 8.78 Å². The van der Waals surface area contributed by atoms with Gasteiger partial charge in [0.25, 0.3) is 0 Å². The Hall–Kier alpha value is -1.00. The van der Waals surface area contributed by atoms with Crippen LogP contribution in [0.15, 0.2) is 18.2 Å². The van der Waals surface area contributed by atoms with Crippen molar-refractivity contribution in [3.8, 4) is 0 Å². The molecule has 2 nitrogen and oxygen atoms in total. The summed E-state index contributed by atoms with van der Waals surface area (Å²) in [5.41, 5.74) is 0.425. The van der Waals surface area contributed by atoms with Gasteiger partial charge in [-0.3, -0.25) is 0 Å². The van der Waals surface area contributed by atoms with Gasteiger partial charge in [-0.15, -0.1) is 0 Å². The molecule has 1 unspecified atom stereocenters. The van der Waals surface area contributed by atoms with Crippen LogP contribution in [-0.2, 0) is 0 Å². The second-order valence-corrected chi connectivity index (χ2v) is 5.13. The summed E-state index contributed by atoms with van der Waals surface area (Å²) in [5.74, 6) is -1.50. The van der Waals surface area contributed by atoms with Crippen LogP contribution >= 0.6 is 0 Å². The third-order valence-corrected chi connectivity index (χ3v) is 3.88. The number of halogens is 2. The summed E-state index contributed by atoms with van der Waals surface area (Å²) >= 11 is 0. The van der Waals surface area contributed by atoms with Crippen molar-refractivity contribution in [1.29, 1.82) is 0 Å². The van der Waals surface area contributed by atoms with Gasteiger partial charge in [0.1, 0.15) is 0 Å². The molecule has 1 fully saturated rings. The van der Waals surface area contributed by atoms with Crippen molar-refractivity contribution in [3.05, 3.63) is 35.4 Å². The second kappa shape index (κ2) is 6.44. The highest BCUT2D eigenvalue weighted by molar-refractivity contribution is 5.22. The molecule has 1 aromatic rings. The standard InChI is InChI=1S/C15H22F2N2/c1-3-19(11-7-8-11)10-9-14(18-2)12-5-4-6-13(16)15(12)17/h4-6,11,14,18H,3,7-10H2,1-2H3. The van der Waals surface area contributed by atoms with E-state index in [1.165, 1.54) is 12.8 Å². The van der Waals surface area contributed by atoms with E-state index in [2.05, 4.69) is 17.1 Å². The van der Waals surface area contributed by atoms with E-state index in [9.17, 15) is 8.78 Å². The van der Waals surface area contributed by atoms with Crippen LogP contribution in [0, 0.1) is 11.6 Å². The zero-order chi connectivity index (χ0) is 13.8. The summed E-state index contributed by atoms with van der Waals surface area (Å²) in [6, 6.07) is 4.96. The SMILES string of the molecule is CCN(CCC(NC)c1cccc(F)c1F)C1CC1. The van der Waals surface area contributed by atoms with Crippen molar-refractivity contribution in [3.63, 3.8) is 0 Å². The average Bonchev–Trinajstić information content (AvgIpc) is 3.23. The lowest BCUT2D eigenvalue weighted by atomic mass is 10.0. The van der Waals surface area contributed by atoms with Crippen LogP contribution in [0.5, 0.6) is 0 Å². The maximum Gasteiger partial charge on any atom is 0.163 e. The fraction of sp³-hybridized carbons (Fsp3) is 0.600. The molecule has 0 aliphatic heterocycles. The molecule has 0 aromatic heterocycles. The molecule has 0 amide bonds. The number of hydrogen-bond donors (Lipinski definition) is 1. The quantitative estimate of drug-likeness (QED) is 0.817. The van der Waals surface area contributed by atoms with Crippen molar-refractivity contribution in [2.75, 3.05) is 20.1 Å². The lowest BCUT2D eigenvalue weighted by Gasteiger charge is -2.24. The van der Waals surface area contributed by atoms with Gasteiger partial charge in [0.2, 0.25) is 0 Å². The monoisotopic (exact) mass is 268 g/mol. The topological polar surface area (TPSA) is 15.3 Å². The molecule has 1 atom stereocenters. The van der Waals surface area contributed by atoms with Crippen molar-refractivity contribution in [2.24, 2.45) is 0 Å². The van der Waals surface area contributed by atoms with E-state index in [0.29, 0.717) is 11.6 Å². The highest BCUT2D eigenvalue weighted by atomic mass is 19.2. The van der Waals surface area contributed by atoms with Gasteiger partial charge in [-0.1, -0.05) is 19.1 Å². The molecule has 106 valence electrons. The first-order valence-corrected chi connectivity index (χ1v) is 7.02. The molecule has 0 saturated heterocycles. The summed E-state index contributed by atoms with van der Waals surface area (Å²) in [7, 11) is 1.79. The van der Waals surface area contributed by atoms with Crippen LogP contribution in [0.3, 0.4) is 0 Å². The van der Waals surface area contributed by atoms with Crippen LogP contribution in [0.25, 0.3) is 0 Å². The lowest BCUT2D eigenvalue weighted by molar-refractivity contribution is 0.260. The molecule has 1 aliphatic rings. The van der Waals surface area contributed by atoms with Gasteiger partial charge < -0.3 is 10.2 Å². The van der Waals surface area contributed by atoms with Crippen molar-refractivity contribution in [1.82, 2.24) is 10.2 Å². The van der Waals surface area contributed by atoms with E-state index in [0.717, 1.165) is 25.6 Å². The Morgan fingerprint density at radius 2 is 2.11 bits per heavy atom. The summed E-state index contributed by atoms with van der Waals surface area (Å²) in [6.07, 6.45) is 3.33. The maximum absolute atomic E-state index is 13.8. The van der Waals surface area contributed by atoms with Crippen LogP contribution in [0.1, 0.15) is 37.8 Å². The van der Waals surface area contributed by atoms with Gasteiger partial charge >= 0.3 is 0 Å². The van der Waals surface area contributed by atoms with Crippen molar-refractivity contribution in [2.45, 2.75) is 38.3 Å². The largest absolute Gasteiger partial charge is 0.313 e. The smallest absolute Gasteiger partial charge is 0.163 e. The molecule has 4 heteroatoms. The van der Waals surface area contributed by atoms with Gasteiger partial charge in [-0.05, 0) is 38.9 Å². The normalized spacial score (nSPS) is 16.9. The summed E-state index contributed by atoms with van der Waals surface area (Å²) in [6.45, 7) is 4.09. The highest BCUT2D eigenvalue weighted by Crippen LogP contribution is 2.28. The molecule has 1 saturated carbocycles. The van der Waals surface area contributed by atoms with Crippen LogP contribution in [0.2, 0.25) is 0 Å². The molecule has 0 radical (unpaired) electrons. The second-order valence-electron chi connectivity index (χ2n) is 5.13. The van der Waals surface area contributed by atoms with E-state index in [1.807, 2.05) is 0 Å². The average molecular weight is 268 g/mol. The Bertz CT molecular complexity index is 419.